The van der Waals surface area contributed by atoms with Gasteiger partial charge in [-0.1, -0.05) is 11.6 Å². The van der Waals surface area contributed by atoms with E-state index < -0.39 is 6.04 Å². The largest absolute Gasteiger partial charge is 0.341 e. The van der Waals surface area contributed by atoms with Crippen LogP contribution in [0.15, 0.2) is 36.5 Å². The van der Waals surface area contributed by atoms with Crippen molar-refractivity contribution in [2.75, 3.05) is 13.1 Å². The summed E-state index contributed by atoms with van der Waals surface area (Å²) < 4.78 is 1.83. The number of fused-ring (bicyclic) bond motifs is 1. The number of hydrogen-bond donors (Lipinski definition) is 1. The number of benzene rings is 1. The molecule has 30 heavy (non-hydrogen) atoms. The summed E-state index contributed by atoms with van der Waals surface area (Å²) in [7, 11) is 0. The molecule has 1 aliphatic rings. The lowest BCUT2D eigenvalue weighted by Gasteiger charge is -2.29. The van der Waals surface area contributed by atoms with Crippen LogP contribution in [-0.2, 0) is 4.79 Å². The molecule has 1 aromatic carbocycles. The van der Waals surface area contributed by atoms with Crippen LogP contribution in [0, 0.1) is 6.92 Å². The van der Waals surface area contributed by atoms with Crippen LogP contribution in [0.25, 0.3) is 16.9 Å². The number of likely N-dealkylation sites (tertiary alicyclic amines) is 1. The second-order valence-electron chi connectivity index (χ2n) is 7.59. The van der Waals surface area contributed by atoms with Gasteiger partial charge in [0.15, 0.2) is 5.65 Å². The topological polar surface area (TPSA) is 80.1 Å². The van der Waals surface area contributed by atoms with E-state index in [9.17, 15) is 9.59 Å². The summed E-state index contributed by atoms with van der Waals surface area (Å²) in [6, 6.07) is 8.15. The van der Waals surface area contributed by atoms with E-state index in [2.05, 4.69) is 15.3 Å². The average molecular weight is 426 g/mol. The second-order valence-corrected chi connectivity index (χ2v) is 8.00. The smallest absolute Gasteiger partial charge is 0.251 e. The number of rotatable bonds is 4. The highest BCUT2D eigenvalue weighted by molar-refractivity contribution is 6.32. The van der Waals surface area contributed by atoms with Crippen LogP contribution in [0.1, 0.15) is 42.4 Å². The maximum absolute atomic E-state index is 12.9. The van der Waals surface area contributed by atoms with E-state index >= 15 is 0 Å². The molecule has 1 fully saturated rings. The van der Waals surface area contributed by atoms with Crippen LogP contribution >= 0.6 is 11.6 Å². The molecule has 3 heterocycles. The number of aryl methyl sites for hydroxylation is 1. The molecule has 0 spiro atoms. The van der Waals surface area contributed by atoms with Gasteiger partial charge in [-0.3, -0.25) is 14.2 Å². The fourth-order valence-corrected chi connectivity index (χ4v) is 4.07. The number of carbonyl (C=O) groups excluding carboxylic acids is 2. The quantitative estimate of drug-likeness (QED) is 0.693. The van der Waals surface area contributed by atoms with Crippen LogP contribution in [-0.4, -0.2) is 50.4 Å². The Morgan fingerprint density at radius 3 is 2.70 bits per heavy atom. The van der Waals surface area contributed by atoms with Crippen LogP contribution in [0.2, 0.25) is 5.02 Å². The zero-order chi connectivity index (χ0) is 21.3. The van der Waals surface area contributed by atoms with E-state index in [1.807, 2.05) is 28.5 Å². The molecule has 2 aromatic heterocycles. The van der Waals surface area contributed by atoms with Crippen LogP contribution < -0.4 is 5.32 Å². The van der Waals surface area contributed by atoms with Gasteiger partial charge in [0.25, 0.3) is 5.91 Å². The second kappa shape index (κ2) is 8.44. The summed E-state index contributed by atoms with van der Waals surface area (Å²) >= 11 is 6.45. The van der Waals surface area contributed by atoms with Gasteiger partial charge in [0, 0.05) is 24.8 Å². The van der Waals surface area contributed by atoms with E-state index in [1.165, 1.54) is 0 Å². The summed E-state index contributed by atoms with van der Waals surface area (Å²) in [6.45, 7) is 5.10. The standard InChI is InChI=1S/C22H24ClN5O2/c1-14(22(30)27-11-4-3-5-12-27)25-21(29)16-8-9-17(23)19(13-16)28-15(2)26-18-7-6-10-24-20(18)28/h6-10,13-14H,3-5,11-12H2,1-2H3,(H,25,29)/t14-/m1/s1. The average Bonchev–Trinajstić information content (AvgIpc) is 3.09. The molecule has 0 radical (unpaired) electrons. The molecular weight excluding hydrogens is 402 g/mol. The molecule has 0 unspecified atom stereocenters. The molecule has 3 aromatic rings. The van der Waals surface area contributed by atoms with Gasteiger partial charge < -0.3 is 10.2 Å². The van der Waals surface area contributed by atoms with Crippen molar-refractivity contribution in [3.63, 3.8) is 0 Å². The first kappa shape index (κ1) is 20.3. The third kappa shape index (κ3) is 3.89. The molecule has 1 saturated heterocycles. The lowest BCUT2D eigenvalue weighted by molar-refractivity contribution is -0.133. The van der Waals surface area contributed by atoms with Gasteiger partial charge in [-0.25, -0.2) is 9.97 Å². The van der Waals surface area contributed by atoms with Gasteiger partial charge in [-0.2, -0.15) is 0 Å². The Morgan fingerprint density at radius 1 is 1.17 bits per heavy atom. The molecule has 0 saturated carbocycles. The highest BCUT2D eigenvalue weighted by Gasteiger charge is 2.24. The minimum absolute atomic E-state index is 0.0436. The Hall–Kier alpha value is -2.93. The van der Waals surface area contributed by atoms with Crippen molar-refractivity contribution in [3.8, 4) is 5.69 Å². The zero-order valence-electron chi connectivity index (χ0n) is 17.1. The van der Waals surface area contributed by atoms with Gasteiger partial charge in [0.1, 0.15) is 17.4 Å². The van der Waals surface area contributed by atoms with Crippen molar-refractivity contribution >= 4 is 34.6 Å². The number of aromatic nitrogens is 3. The lowest BCUT2D eigenvalue weighted by Crippen LogP contribution is -2.48. The number of halogens is 1. The number of nitrogens with zero attached hydrogens (tertiary/aromatic N) is 4. The third-order valence-electron chi connectivity index (χ3n) is 5.42. The Labute approximate surface area is 180 Å². The molecule has 156 valence electrons. The van der Waals surface area contributed by atoms with Crippen molar-refractivity contribution in [3.05, 3.63) is 52.9 Å². The third-order valence-corrected chi connectivity index (χ3v) is 5.74. The maximum atomic E-state index is 12.9. The number of pyridine rings is 1. The fourth-order valence-electron chi connectivity index (χ4n) is 3.87. The minimum atomic E-state index is -0.591. The SMILES string of the molecule is Cc1nc2cccnc2n1-c1cc(C(=O)N[C@H](C)C(=O)N2CCCCC2)ccc1Cl. The van der Waals surface area contributed by atoms with Crippen LogP contribution in [0.3, 0.4) is 0 Å². The highest BCUT2D eigenvalue weighted by Crippen LogP contribution is 2.27. The summed E-state index contributed by atoms with van der Waals surface area (Å²) in [5.74, 6) is 0.357. The van der Waals surface area contributed by atoms with E-state index in [4.69, 9.17) is 11.6 Å². The van der Waals surface area contributed by atoms with Crippen molar-refractivity contribution in [1.29, 1.82) is 0 Å². The molecular formula is C22H24ClN5O2. The summed E-state index contributed by atoms with van der Waals surface area (Å²) in [6.07, 6.45) is 4.87. The number of carbonyl (C=O) groups is 2. The Balaban J connectivity index is 1.59. The molecule has 8 heteroatoms. The van der Waals surface area contributed by atoms with Gasteiger partial charge in [0.05, 0.1) is 10.7 Å². The monoisotopic (exact) mass is 425 g/mol. The van der Waals surface area contributed by atoms with Gasteiger partial charge in [-0.05, 0) is 63.4 Å². The molecule has 7 nitrogen and oxygen atoms in total. The van der Waals surface area contributed by atoms with E-state index in [0.717, 1.165) is 43.7 Å². The molecule has 4 rings (SSSR count). The van der Waals surface area contributed by atoms with Crippen molar-refractivity contribution < 1.29 is 9.59 Å². The normalized spacial score (nSPS) is 15.2. The zero-order valence-corrected chi connectivity index (χ0v) is 17.8. The Morgan fingerprint density at radius 2 is 1.93 bits per heavy atom. The van der Waals surface area contributed by atoms with Crippen molar-refractivity contribution in [1.82, 2.24) is 24.8 Å². The summed E-state index contributed by atoms with van der Waals surface area (Å²) in [5.41, 5.74) is 2.47. The first-order valence-corrected chi connectivity index (χ1v) is 10.5. The molecule has 2 amide bonds. The Bertz CT molecular complexity index is 1100. The maximum Gasteiger partial charge on any atom is 0.251 e. The van der Waals surface area contributed by atoms with Gasteiger partial charge in [-0.15, -0.1) is 0 Å². The first-order valence-electron chi connectivity index (χ1n) is 10.2. The Kier molecular flexibility index (Phi) is 5.72. The number of piperidine rings is 1. The number of imidazole rings is 1. The van der Waals surface area contributed by atoms with Crippen LogP contribution in [0.4, 0.5) is 0 Å². The van der Waals surface area contributed by atoms with Crippen molar-refractivity contribution in [2.45, 2.75) is 39.2 Å². The molecule has 1 aliphatic heterocycles. The molecule has 0 bridgehead atoms. The van der Waals surface area contributed by atoms with Crippen LogP contribution in [0.5, 0.6) is 0 Å². The molecule has 1 atom stereocenters. The number of hydrogen-bond acceptors (Lipinski definition) is 4. The molecule has 1 N–H and O–H groups in total. The van der Waals surface area contributed by atoms with Crippen molar-refractivity contribution in [2.24, 2.45) is 0 Å². The number of amides is 2. The first-order chi connectivity index (χ1) is 14.5. The van der Waals surface area contributed by atoms with Gasteiger partial charge in [0.2, 0.25) is 5.91 Å². The minimum Gasteiger partial charge on any atom is -0.341 e. The summed E-state index contributed by atoms with van der Waals surface area (Å²) in [4.78, 5) is 36.2. The predicted octanol–water partition coefficient (Wildman–Crippen LogP) is 3.51. The fraction of sp³-hybridized carbons (Fsp3) is 0.364. The highest BCUT2D eigenvalue weighted by atomic mass is 35.5. The predicted molar refractivity (Wildman–Crippen MR) is 116 cm³/mol. The van der Waals surface area contributed by atoms with E-state index in [1.54, 1.807) is 31.3 Å². The van der Waals surface area contributed by atoms with E-state index in [0.29, 0.717) is 21.9 Å². The lowest BCUT2D eigenvalue weighted by atomic mass is 10.1. The van der Waals surface area contributed by atoms with E-state index in [-0.39, 0.29) is 11.8 Å². The molecule has 0 aliphatic carbocycles. The van der Waals surface area contributed by atoms with Gasteiger partial charge >= 0.3 is 0 Å². The summed E-state index contributed by atoms with van der Waals surface area (Å²) in [5, 5.41) is 3.31. The number of nitrogens with one attached hydrogen (secondary N) is 1.